The van der Waals surface area contributed by atoms with Crippen molar-refractivity contribution in [1.29, 1.82) is 0 Å². The van der Waals surface area contributed by atoms with Crippen molar-refractivity contribution < 1.29 is 34.4 Å². The van der Waals surface area contributed by atoms with Crippen molar-refractivity contribution in [2.45, 2.75) is 50.2 Å². The Bertz CT molecular complexity index is 956. The number of nitrogens with two attached hydrogens (primary N) is 1. The van der Waals surface area contributed by atoms with Crippen molar-refractivity contribution in [3.63, 3.8) is 0 Å². The van der Waals surface area contributed by atoms with Crippen molar-refractivity contribution in [2.75, 3.05) is 12.3 Å². The molecule has 29 heavy (non-hydrogen) atoms. The fourth-order valence-corrected chi connectivity index (χ4v) is 3.02. The van der Waals surface area contributed by atoms with Crippen molar-refractivity contribution in [2.24, 2.45) is 0 Å². The minimum atomic E-state index is -1.39. The number of aromatic nitrogens is 4. The summed E-state index contributed by atoms with van der Waals surface area (Å²) in [6.45, 7) is -0.310. The Kier molecular flexibility index (Phi) is 6.10. The lowest BCUT2D eigenvalue weighted by molar-refractivity contribution is -0.150. The van der Waals surface area contributed by atoms with Gasteiger partial charge in [-0.3, -0.25) is 23.9 Å². The first kappa shape index (κ1) is 20.7. The van der Waals surface area contributed by atoms with Crippen molar-refractivity contribution in [1.82, 2.24) is 19.5 Å². The number of imidazole rings is 1. The second-order valence-electron chi connectivity index (χ2n) is 6.61. The summed E-state index contributed by atoms with van der Waals surface area (Å²) in [5.41, 5.74) is 5.03. The van der Waals surface area contributed by atoms with E-state index in [4.69, 9.17) is 20.3 Å². The Morgan fingerprint density at radius 1 is 1.28 bits per heavy atom. The van der Waals surface area contributed by atoms with E-state index in [1.54, 1.807) is 0 Å². The number of aromatic amines is 1. The summed E-state index contributed by atoms with van der Waals surface area (Å²) in [5, 5.41) is 29.1. The fraction of sp³-hybridized carbons (Fsp3) is 0.562. The molecule has 4 atom stereocenters. The normalized spacial score (nSPS) is 24.1. The Labute approximate surface area is 163 Å². The number of hydrogen-bond acceptors (Lipinski definition) is 10. The SMILES string of the molecule is Nc1nc2c(ncn2[C@@H]2O[C@H](COC(=O)CCCCC(=O)O)[C@@H](O)[C@H]2O)c(=O)[nH]1. The summed E-state index contributed by atoms with van der Waals surface area (Å²) in [4.78, 5) is 44.2. The van der Waals surface area contributed by atoms with E-state index in [2.05, 4.69) is 15.0 Å². The van der Waals surface area contributed by atoms with Gasteiger partial charge in [-0.1, -0.05) is 0 Å². The number of hydrogen-bond donors (Lipinski definition) is 5. The highest BCUT2D eigenvalue weighted by Gasteiger charge is 2.45. The van der Waals surface area contributed by atoms with Gasteiger partial charge in [0.15, 0.2) is 17.4 Å². The van der Waals surface area contributed by atoms with Gasteiger partial charge in [0.2, 0.25) is 5.95 Å². The Balaban J connectivity index is 1.61. The lowest BCUT2D eigenvalue weighted by Gasteiger charge is -2.16. The minimum absolute atomic E-state index is 0.0132. The number of aliphatic hydroxyl groups is 2. The molecule has 0 saturated carbocycles. The molecule has 1 fully saturated rings. The van der Waals surface area contributed by atoms with Crippen molar-refractivity contribution >= 4 is 29.1 Å². The Hall–Kier alpha value is -3.03. The maximum atomic E-state index is 11.9. The van der Waals surface area contributed by atoms with E-state index in [9.17, 15) is 24.6 Å². The summed E-state index contributed by atoms with van der Waals surface area (Å²) in [7, 11) is 0. The van der Waals surface area contributed by atoms with Crippen LogP contribution in [0.25, 0.3) is 11.2 Å². The number of carbonyl (C=O) groups is 2. The first-order valence-corrected chi connectivity index (χ1v) is 8.89. The van der Waals surface area contributed by atoms with E-state index in [1.165, 1.54) is 10.9 Å². The molecule has 1 aliphatic rings. The van der Waals surface area contributed by atoms with Crippen LogP contribution in [-0.4, -0.2) is 71.7 Å². The van der Waals surface area contributed by atoms with Crippen molar-refractivity contribution in [3.05, 3.63) is 16.7 Å². The van der Waals surface area contributed by atoms with Crippen LogP contribution in [0.4, 0.5) is 5.95 Å². The maximum absolute atomic E-state index is 11.9. The lowest BCUT2D eigenvalue weighted by Crippen LogP contribution is -2.34. The molecule has 13 nitrogen and oxygen atoms in total. The fourth-order valence-electron chi connectivity index (χ4n) is 3.02. The third-order valence-electron chi connectivity index (χ3n) is 4.49. The number of carboxylic acids is 1. The summed E-state index contributed by atoms with van der Waals surface area (Å²) >= 11 is 0. The largest absolute Gasteiger partial charge is 0.481 e. The molecule has 2 aromatic heterocycles. The molecule has 0 radical (unpaired) electrons. The van der Waals surface area contributed by atoms with E-state index in [-0.39, 0.29) is 36.6 Å². The van der Waals surface area contributed by atoms with Gasteiger partial charge in [-0.15, -0.1) is 0 Å². The Morgan fingerprint density at radius 2 is 2.00 bits per heavy atom. The first-order valence-electron chi connectivity index (χ1n) is 8.89. The monoisotopic (exact) mass is 411 g/mol. The van der Waals surface area contributed by atoms with E-state index >= 15 is 0 Å². The van der Waals surface area contributed by atoms with E-state index < -0.39 is 42.0 Å². The second-order valence-corrected chi connectivity index (χ2v) is 6.61. The third-order valence-corrected chi connectivity index (χ3v) is 4.49. The van der Waals surface area contributed by atoms with Crippen LogP contribution < -0.4 is 11.3 Å². The van der Waals surface area contributed by atoms with Gasteiger partial charge in [0, 0.05) is 12.8 Å². The molecule has 0 bridgehead atoms. The van der Waals surface area contributed by atoms with Crippen LogP contribution in [0.2, 0.25) is 0 Å². The van der Waals surface area contributed by atoms with Gasteiger partial charge in [0.05, 0.1) is 6.33 Å². The quantitative estimate of drug-likeness (QED) is 0.250. The number of nitrogens with zero attached hydrogens (tertiary/aromatic N) is 3. The topological polar surface area (TPSA) is 203 Å². The highest BCUT2D eigenvalue weighted by atomic mass is 16.6. The molecule has 6 N–H and O–H groups in total. The number of carboxylic acid groups (broad SMARTS) is 1. The summed E-state index contributed by atoms with van der Waals surface area (Å²) in [6, 6.07) is 0. The number of aliphatic hydroxyl groups excluding tert-OH is 2. The molecular weight excluding hydrogens is 390 g/mol. The number of nitrogens with one attached hydrogen (secondary N) is 1. The molecule has 0 spiro atoms. The first-order chi connectivity index (χ1) is 13.8. The third kappa shape index (κ3) is 4.52. The smallest absolute Gasteiger partial charge is 0.305 e. The van der Waals surface area contributed by atoms with Gasteiger partial charge in [0.25, 0.3) is 5.56 Å². The molecule has 2 aromatic rings. The van der Waals surface area contributed by atoms with E-state index in [0.717, 1.165) is 0 Å². The summed E-state index contributed by atoms with van der Waals surface area (Å²) < 4.78 is 11.9. The van der Waals surface area contributed by atoms with Crippen LogP contribution in [0.15, 0.2) is 11.1 Å². The zero-order valence-corrected chi connectivity index (χ0v) is 15.2. The van der Waals surface area contributed by atoms with Gasteiger partial charge in [0.1, 0.15) is 24.9 Å². The molecule has 158 valence electrons. The number of ether oxygens (including phenoxy) is 2. The van der Waals surface area contributed by atoms with Gasteiger partial charge in [-0.05, 0) is 12.8 Å². The zero-order valence-electron chi connectivity index (χ0n) is 15.2. The molecule has 0 aromatic carbocycles. The number of fused-ring (bicyclic) bond motifs is 1. The number of H-pyrrole nitrogens is 1. The van der Waals surface area contributed by atoms with Crippen LogP contribution in [0.1, 0.15) is 31.9 Å². The predicted molar refractivity (Wildman–Crippen MR) is 95.5 cm³/mol. The summed E-state index contributed by atoms with van der Waals surface area (Å²) in [5.74, 6) is -1.66. The number of aliphatic carboxylic acids is 1. The molecule has 0 aliphatic carbocycles. The number of nitrogen functional groups attached to an aromatic ring is 1. The minimum Gasteiger partial charge on any atom is -0.481 e. The molecule has 13 heteroatoms. The summed E-state index contributed by atoms with van der Waals surface area (Å²) in [6.07, 6.45) is -2.98. The average Bonchev–Trinajstić information content (AvgIpc) is 3.19. The predicted octanol–water partition coefficient (Wildman–Crippen LogP) is -1.49. The van der Waals surface area contributed by atoms with Gasteiger partial charge in [-0.2, -0.15) is 4.98 Å². The van der Waals surface area contributed by atoms with Gasteiger partial charge in [-0.25, -0.2) is 4.98 Å². The Morgan fingerprint density at radius 3 is 2.72 bits per heavy atom. The van der Waals surface area contributed by atoms with Gasteiger partial charge >= 0.3 is 11.9 Å². The molecule has 3 rings (SSSR count). The number of unbranched alkanes of at least 4 members (excludes halogenated alkanes) is 1. The van der Waals surface area contributed by atoms with Crippen LogP contribution >= 0.6 is 0 Å². The van der Waals surface area contributed by atoms with E-state index in [0.29, 0.717) is 12.8 Å². The standard InChI is InChI=1S/C16H21N5O8/c17-16-19-13-10(14(27)20-16)18-6-21(13)15-12(26)11(25)7(29-15)5-28-9(24)4-2-1-3-8(22)23/h6-7,11-12,15,25-26H,1-5H2,(H,22,23)(H3,17,19,20,27)/t7-,11-,12-,15-/m1/s1. The number of esters is 1. The highest BCUT2D eigenvalue weighted by molar-refractivity contribution is 5.71. The number of rotatable bonds is 8. The zero-order chi connectivity index (χ0) is 21.1. The molecule has 1 aliphatic heterocycles. The van der Waals surface area contributed by atoms with Crippen LogP contribution in [0.3, 0.4) is 0 Å². The number of anilines is 1. The highest BCUT2D eigenvalue weighted by Crippen LogP contribution is 2.31. The molecule has 0 amide bonds. The van der Waals surface area contributed by atoms with Crippen LogP contribution in [-0.2, 0) is 19.1 Å². The second kappa shape index (κ2) is 8.55. The van der Waals surface area contributed by atoms with Crippen LogP contribution in [0.5, 0.6) is 0 Å². The lowest BCUT2D eigenvalue weighted by atomic mass is 10.1. The number of carbonyl (C=O) groups excluding carboxylic acids is 1. The molecule has 1 saturated heterocycles. The average molecular weight is 411 g/mol. The molecule has 0 unspecified atom stereocenters. The van der Waals surface area contributed by atoms with Gasteiger partial charge < -0.3 is 30.5 Å². The van der Waals surface area contributed by atoms with Crippen LogP contribution in [0, 0.1) is 0 Å². The van der Waals surface area contributed by atoms with Crippen molar-refractivity contribution in [3.8, 4) is 0 Å². The maximum Gasteiger partial charge on any atom is 0.305 e. The van der Waals surface area contributed by atoms with E-state index in [1.807, 2.05) is 0 Å². The molecule has 3 heterocycles. The molecular formula is C16H21N5O8.